The van der Waals surface area contributed by atoms with Crippen LogP contribution in [0.5, 0.6) is 0 Å². The first-order chi connectivity index (χ1) is 9.08. The van der Waals surface area contributed by atoms with Gasteiger partial charge in [-0.3, -0.25) is 10.1 Å². The van der Waals surface area contributed by atoms with Gasteiger partial charge in [-0.25, -0.2) is 4.98 Å². The predicted octanol–water partition coefficient (Wildman–Crippen LogP) is 2.60. The lowest BCUT2D eigenvalue weighted by atomic mass is 10.1. The van der Waals surface area contributed by atoms with Gasteiger partial charge in [0.25, 0.3) is 0 Å². The van der Waals surface area contributed by atoms with Gasteiger partial charge in [0.2, 0.25) is 0 Å². The van der Waals surface area contributed by atoms with Crippen LogP contribution < -0.4 is 5.32 Å². The monoisotopic (exact) mass is 280 g/mol. The lowest BCUT2D eigenvalue weighted by Crippen LogP contribution is -2.40. The van der Waals surface area contributed by atoms with Crippen molar-refractivity contribution in [3.63, 3.8) is 0 Å². The van der Waals surface area contributed by atoms with Crippen LogP contribution in [0, 0.1) is 5.92 Å². The van der Waals surface area contributed by atoms with Gasteiger partial charge in [-0.15, -0.1) is 11.3 Å². The van der Waals surface area contributed by atoms with E-state index in [1.54, 1.807) is 6.26 Å². The molecule has 0 saturated heterocycles. The van der Waals surface area contributed by atoms with Gasteiger partial charge in [-0.1, -0.05) is 13.8 Å². The molecule has 102 valence electrons. The molecule has 0 amide bonds. The average molecular weight is 280 g/mol. The minimum Gasteiger partial charge on any atom is -0.480 e. The Bertz CT molecular complexity index is 534. The van der Waals surface area contributed by atoms with E-state index in [4.69, 9.17) is 9.52 Å². The smallest absolute Gasteiger partial charge is 0.320 e. The molecular formula is C13H16N2O3S. The third-order valence-corrected chi connectivity index (χ3v) is 3.63. The van der Waals surface area contributed by atoms with E-state index in [2.05, 4.69) is 10.3 Å². The van der Waals surface area contributed by atoms with E-state index in [1.807, 2.05) is 31.4 Å². The highest BCUT2D eigenvalue weighted by molar-refractivity contribution is 7.13. The predicted molar refractivity (Wildman–Crippen MR) is 72.9 cm³/mol. The van der Waals surface area contributed by atoms with Crippen molar-refractivity contribution in [1.29, 1.82) is 0 Å². The molecular weight excluding hydrogens is 264 g/mol. The molecule has 2 rings (SSSR count). The number of carboxylic acids is 1. The van der Waals surface area contributed by atoms with Crippen LogP contribution >= 0.6 is 11.3 Å². The molecule has 0 fully saturated rings. The number of carboxylic acid groups (broad SMARTS) is 1. The van der Waals surface area contributed by atoms with Gasteiger partial charge in [-0.2, -0.15) is 0 Å². The standard InChI is InChI=1S/C13H16N2O3S/c1-8(2)11(13(16)17)14-6-9-7-19-12(15-9)10-4-3-5-18-10/h3-5,7-8,11,14H,6H2,1-2H3,(H,16,17). The van der Waals surface area contributed by atoms with Crippen molar-refractivity contribution in [2.24, 2.45) is 5.92 Å². The van der Waals surface area contributed by atoms with Crippen molar-refractivity contribution in [1.82, 2.24) is 10.3 Å². The van der Waals surface area contributed by atoms with E-state index >= 15 is 0 Å². The van der Waals surface area contributed by atoms with Crippen molar-refractivity contribution in [3.05, 3.63) is 29.5 Å². The number of carbonyl (C=O) groups is 1. The van der Waals surface area contributed by atoms with Gasteiger partial charge in [0.1, 0.15) is 6.04 Å². The van der Waals surface area contributed by atoms with Gasteiger partial charge in [-0.05, 0) is 18.1 Å². The van der Waals surface area contributed by atoms with Gasteiger partial charge >= 0.3 is 5.97 Å². The lowest BCUT2D eigenvalue weighted by molar-refractivity contribution is -0.140. The molecule has 0 radical (unpaired) electrons. The number of nitrogens with one attached hydrogen (secondary N) is 1. The molecule has 0 aliphatic rings. The summed E-state index contributed by atoms with van der Waals surface area (Å²) in [6, 6.07) is 3.10. The van der Waals surface area contributed by atoms with Gasteiger partial charge in [0, 0.05) is 11.9 Å². The summed E-state index contributed by atoms with van der Waals surface area (Å²) in [5, 5.41) is 14.8. The Morgan fingerprint density at radius 1 is 1.58 bits per heavy atom. The maximum Gasteiger partial charge on any atom is 0.320 e. The molecule has 0 saturated carbocycles. The van der Waals surface area contributed by atoms with Crippen LogP contribution in [0.2, 0.25) is 0 Å². The van der Waals surface area contributed by atoms with Crippen molar-refractivity contribution < 1.29 is 14.3 Å². The van der Waals surface area contributed by atoms with Crippen molar-refractivity contribution in [2.45, 2.75) is 26.4 Å². The van der Waals surface area contributed by atoms with Crippen LogP contribution in [-0.2, 0) is 11.3 Å². The van der Waals surface area contributed by atoms with E-state index < -0.39 is 12.0 Å². The molecule has 0 aliphatic heterocycles. The number of aromatic nitrogens is 1. The molecule has 0 aliphatic carbocycles. The van der Waals surface area contributed by atoms with E-state index in [1.165, 1.54) is 11.3 Å². The SMILES string of the molecule is CC(C)C(NCc1csc(-c2ccco2)n1)C(=O)O. The molecule has 0 bridgehead atoms. The molecule has 1 atom stereocenters. The molecule has 2 N–H and O–H groups in total. The first kappa shape index (κ1) is 13.8. The Labute approximate surface area is 115 Å². The molecule has 0 aromatic carbocycles. The summed E-state index contributed by atoms with van der Waals surface area (Å²) in [7, 11) is 0. The summed E-state index contributed by atoms with van der Waals surface area (Å²) >= 11 is 1.48. The van der Waals surface area contributed by atoms with Crippen LogP contribution in [0.15, 0.2) is 28.2 Å². The number of thiazole rings is 1. The van der Waals surface area contributed by atoms with E-state index in [9.17, 15) is 4.79 Å². The number of furan rings is 1. The number of nitrogens with zero attached hydrogens (tertiary/aromatic N) is 1. The highest BCUT2D eigenvalue weighted by Crippen LogP contribution is 2.23. The largest absolute Gasteiger partial charge is 0.480 e. The average Bonchev–Trinajstić information content (AvgIpc) is 2.98. The molecule has 6 heteroatoms. The normalized spacial score (nSPS) is 12.8. The molecule has 2 aromatic heterocycles. The van der Waals surface area contributed by atoms with Crippen molar-refractivity contribution in [2.75, 3.05) is 0 Å². The number of aliphatic carboxylic acids is 1. The van der Waals surface area contributed by atoms with Crippen LogP contribution in [-0.4, -0.2) is 22.1 Å². The van der Waals surface area contributed by atoms with Crippen LogP contribution in [0.4, 0.5) is 0 Å². The lowest BCUT2D eigenvalue weighted by Gasteiger charge is -2.16. The maximum absolute atomic E-state index is 11.1. The van der Waals surface area contributed by atoms with Crippen molar-refractivity contribution in [3.8, 4) is 10.8 Å². The summed E-state index contributed by atoms with van der Waals surface area (Å²) < 4.78 is 5.27. The zero-order valence-electron chi connectivity index (χ0n) is 10.8. The number of hydrogen-bond acceptors (Lipinski definition) is 5. The van der Waals surface area contributed by atoms with Crippen LogP contribution in [0.25, 0.3) is 10.8 Å². The molecule has 2 aromatic rings. The summed E-state index contributed by atoms with van der Waals surface area (Å²) in [4.78, 5) is 15.5. The minimum atomic E-state index is -0.837. The minimum absolute atomic E-state index is 0.0284. The Kier molecular flexibility index (Phi) is 4.34. The topological polar surface area (TPSA) is 75.4 Å². The summed E-state index contributed by atoms with van der Waals surface area (Å²) in [6.07, 6.45) is 1.61. The fourth-order valence-electron chi connectivity index (χ4n) is 1.72. The van der Waals surface area contributed by atoms with Gasteiger partial charge in [0.05, 0.1) is 12.0 Å². The Morgan fingerprint density at radius 2 is 2.37 bits per heavy atom. The molecule has 1 unspecified atom stereocenters. The summed E-state index contributed by atoms with van der Waals surface area (Å²) in [5.74, 6) is -0.0768. The van der Waals surface area contributed by atoms with E-state index in [0.717, 1.165) is 16.5 Å². The number of rotatable bonds is 6. The zero-order chi connectivity index (χ0) is 13.8. The highest BCUT2D eigenvalue weighted by atomic mass is 32.1. The highest BCUT2D eigenvalue weighted by Gasteiger charge is 2.20. The quantitative estimate of drug-likeness (QED) is 0.850. The third-order valence-electron chi connectivity index (χ3n) is 2.72. The van der Waals surface area contributed by atoms with Crippen LogP contribution in [0.3, 0.4) is 0 Å². The first-order valence-electron chi connectivity index (χ1n) is 6.02. The van der Waals surface area contributed by atoms with Crippen molar-refractivity contribution >= 4 is 17.3 Å². The fraction of sp³-hybridized carbons (Fsp3) is 0.385. The first-order valence-corrected chi connectivity index (χ1v) is 6.90. The molecule has 2 heterocycles. The Hall–Kier alpha value is -1.66. The van der Waals surface area contributed by atoms with Gasteiger partial charge < -0.3 is 9.52 Å². The fourth-order valence-corrected chi connectivity index (χ4v) is 2.51. The number of hydrogen-bond donors (Lipinski definition) is 2. The molecule has 0 spiro atoms. The second-order valence-corrected chi connectivity index (χ2v) is 5.42. The third kappa shape index (κ3) is 3.42. The second kappa shape index (κ2) is 5.99. The molecule has 5 nitrogen and oxygen atoms in total. The second-order valence-electron chi connectivity index (χ2n) is 4.56. The van der Waals surface area contributed by atoms with Gasteiger partial charge in [0.15, 0.2) is 10.8 Å². The van der Waals surface area contributed by atoms with E-state index in [0.29, 0.717) is 6.54 Å². The molecule has 19 heavy (non-hydrogen) atoms. The van der Waals surface area contributed by atoms with E-state index in [-0.39, 0.29) is 5.92 Å². The summed E-state index contributed by atoms with van der Waals surface area (Å²) in [6.45, 7) is 4.19. The maximum atomic E-state index is 11.1. The summed E-state index contributed by atoms with van der Waals surface area (Å²) in [5.41, 5.74) is 0.823. The zero-order valence-corrected chi connectivity index (χ0v) is 11.6. The Morgan fingerprint density at radius 3 is 2.95 bits per heavy atom. The van der Waals surface area contributed by atoms with Crippen LogP contribution in [0.1, 0.15) is 19.5 Å². The Balaban J connectivity index is 1.99.